The summed E-state index contributed by atoms with van der Waals surface area (Å²) in [7, 11) is -4.26. The largest absolute Gasteiger partial charge is 0.475 e. The molecule has 0 atom stereocenters. The van der Waals surface area contributed by atoms with Crippen LogP contribution in [0.25, 0.3) is 17.0 Å². The summed E-state index contributed by atoms with van der Waals surface area (Å²) in [5.41, 5.74) is 0.247. The molecule has 1 saturated heterocycles. The van der Waals surface area contributed by atoms with E-state index in [1.54, 1.807) is 18.2 Å². The molecule has 17 heteroatoms. The standard InChI is InChI=1S/C27H20ClF3N4O7S2/c1-14-8-21(24(37)38)42-25(14)44(40,41)33-6-7-34-23(36)22(43-26(34)39)10-15-2-5-20-17(9-15)12-32-35(20)13-16-3-4-18(28)11-19(16)27(29,30)31/h2-5,8-12,33H,6-7,13H2,1H3,(H,37,38). The molecule has 0 unspecified atom stereocenters. The van der Waals surface area contributed by atoms with E-state index in [4.69, 9.17) is 21.1 Å². The molecule has 0 bridgehead atoms. The molecule has 44 heavy (non-hydrogen) atoms. The Morgan fingerprint density at radius 1 is 1.18 bits per heavy atom. The number of carboxylic acids is 1. The van der Waals surface area contributed by atoms with Crippen LogP contribution < -0.4 is 4.72 Å². The molecule has 2 N–H and O–H groups in total. The van der Waals surface area contributed by atoms with Gasteiger partial charge in [0.2, 0.25) is 10.9 Å². The van der Waals surface area contributed by atoms with E-state index < -0.39 is 49.7 Å². The molecule has 5 rings (SSSR count). The molecule has 2 amide bonds. The van der Waals surface area contributed by atoms with Crippen LogP contribution in [0.2, 0.25) is 5.02 Å². The van der Waals surface area contributed by atoms with Crippen molar-refractivity contribution in [1.82, 2.24) is 19.4 Å². The van der Waals surface area contributed by atoms with Crippen LogP contribution in [0.15, 0.2) is 63.1 Å². The third-order valence-corrected chi connectivity index (χ3v) is 9.11. The number of rotatable bonds is 9. The Labute approximate surface area is 256 Å². The van der Waals surface area contributed by atoms with E-state index in [-0.39, 0.29) is 40.7 Å². The van der Waals surface area contributed by atoms with E-state index in [1.807, 2.05) is 0 Å². The first-order chi connectivity index (χ1) is 20.6. The predicted octanol–water partition coefficient (Wildman–Crippen LogP) is 5.37. The van der Waals surface area contributed by atoms with Crippen molar-refractivity contribution >= 4 is 67.5 Å². The molecule has 0 radical (unpaired) electrons. The van der Waals surface area contributed by atoms with Gasteiger partial charge < -0.3 is 9.52 Å². The number of halogens is 4. The van der Waals surface area contributed by atoms with Crippen molar-refractivity contribution in [3.05, 3.63) is 86.6 Å². The van der Waals surface area contributed by atoms with Crippen LogP contribution in [-0.4, -0.2) is 58.4 Å². The lowest BCUT2D eigenvalue weighted by atomic mass is 10.1. The summed E-state index contributed by atoms with van der Waals surface area (Å²) < 4.78 is 74.2. The van der Waals surface area contributed by atoms with Crippen molar-refractivity contribution in [2.45, 2.75) is 24.7 Å². The van der Waals surface area contributed by atoms with Gasteiger partial charge in [0.15, 0.2) is 0 Å². The van der Waals surface area contributed by atoms with E-state index in [1.165, 1.54) is 36.0 Å². The zero-order valence-electron chi connectivity index (χ0n) is 22.4. The highest BCUT2D eigenvalue weighted by atomic mass is 35.5. The number of carbonyl (C=O) groups is 3. The Morgan fingerprint density at radius 3 is 2.61 bits per heavy atom. The normalized spacial score (nSPS) is 15.2. The van der Waals surface area contributed by atoms with Gasteiger partial charge in [0.1, 0.15) is 0 Å². The van der Waals surface area contributed by atoms with E-state index in [0.29, 0.717) is 28.2 Å². The van der Waals surface area contributed by atoms with Gasteiger partial charge in [-0.2, -0.15) is 18.3 Å². The van der Waals surface area contributed by atoms with Crippen molar-refractivity contribution in [3.63, 3.8) is 0 Å². The zero-order valence-corrected chi connectivity index (χ0v) is 24.8. The molecule has 4 aromatic rings. The minimum atomic E-state index is -4.60. The maximum absolute atomic E-state index is 13.5. The van der Waals surface area contributed by atoms with Crippen LogP contribution in [0.1, 0.15) is 32.8 Å². The molecule has 3 heterocycles. The van der Waals surface area contributed by atoms with E-state index in [0.717, 1.165) is 17.0 Å². The number of hydrogen-bond donors (Lipinski definition) is 2. The van der Waals surface area contributed by atoms with Gasteiger partial charge in [0.05, 0.1) is 28.7 Å². The molecule has 1 aliphatic rings. The molecule has 1 aliphatic heterocycles. The lowest BCUT2D eigenvalue weighted by Gasteiger charge is -2.14. The van der Waals surface area contributed by atoms with Crippen LogP contribution in [-0.2, 0) is 27.5 Å². The number of aryl methyl sites for hydroxylation is 1. The van der Waals surface area contributed by atoms with Gasteiger partial charge in [-0.3, -0.25) is 19.2 Å². The van der Waals surface area contributed by atoms with Crippen molar-refractivity contribution in [2.24, 2.45) is 0 Å². The van der Waals surface area contributed by atoms with Gasteiger partial charge in [0.25, 0.3) is 21.2 Å². The predicted molar refractivity (Wildman–Crippen MR) is 154 cm³/mol. The van der Waals surface area contributed by atoms with Gasteiger partial charge in [-0.15, -0.1) is 0 Å². The Kier molecular flexibility index (Phi) is 8.37. The fourth-order valence-corrected chi connectivity index (χ4v) is 6.68. The zero-order chi connectivity index (χ0) is 32.0. The van der Waals surface area contributed by atoms with Crippen molar-refractivity contribution < 1.29 is 45.5 Å². The number of alkyl halides is 3. The number of benzene rings is 2. The molecular formula is C27H20ClF3N4O7S2. The summed E-state index contributed by atoms with van der Waals surface area (Å²) >= 11 is 6.43. The summed E-state index contributed by atoms with van der Waals surface area (Å²) in [6.45, 7) is 0.531. The Hall–Kier alpha value is -4.12. The number of fused-ring (bicyclic) bond motifs is 1. The Morgan fingerprint density at radius 2 is 1.93 bits per heavy atom. The van der Waals surface area contributed by atoms with Gasteiger partial charge in [0, 0.05) is 29.1 Å². The molecule has 0 saturated carbocycles. The lowest BCUT2D eigenvalue weighted by molar-refractivity contribution is -0.138. The lowest BCUT2D eigenvalue weighted by Crippen LogP contribution is -2.37. The number of nitrogens with zero attached hydrogens (tertiary/aromatic N) is 3. The Bertz CT molecular complexity index is 1970. The fourth-order valence-electron chi connectivity index (χ4n) is 4.47. The van der Waals surface area contributed by atoms with Gasteiger partial charge in [-0.05, 0) is 66.2 Å². The highest BCUT2D eigenvalue weighted by molar-refractivity contribution is 8.18. The fraction of sp³-hybridized carbons (Fsp3) is 0.185. The Balaban J connectivity index is 1.28. The highest BCUT2D eigenvalue weighted by Crippen LogP contribution is 2.35. The number of carboxylic acid groups (broad SMARTS) is 1. The van der Waals surface area contributed by atoms with Gasteiger partial charge in [-0.25, -0.2) is 17.9 Å². The quantitative estimate of drug-likeness (QED) is 0.224. The average molecular weight is 669 g/mol. The van der Waals surface area contributed by atoms with E-state index >= 15 is 0 Å². The molecule has 11 nitrogen and oxygen atoms in total. The second-order valence-electron chi connectivity index (χ2n) is 9.54. The third kappa shape index (κ3) is 6.38. The minimum absolute atomic E-state index is 0.0174. The van der Waals surface area contributed by atoms with Crippen LogP contribution in [0.3, 0.4) is 0 Å². The maximum Gasteiger partial charge on any atom is 0.416 e. The number of hydrogen-bond acceptors (Lipinski definition) is 8. The summed E-state index contributed by atoms with van der Waals surface area (Å²) in [4.78, 5) is 37.4. The van der Waals surface area contributed by atoms with E-state index in [2.05, 4.69) is 9.82 Å². The smallest absolute Gasteiger partial charge is 0.416 e. The first-order valence-corrected chi connectivity index (χ1v) is 15.2. The third-order valence-electron chi connectivity index (χ3n) is 6.49. The number of nitrogens with one attached hydrogen (secondary N) is 1. The molecular weight excluding hydrogens is 649 g/mol. The first kappa shape index (κ1) is 31.3. The van der Waals surface area contributed by atoms with Crippen LogP contribution >= 0.6 is 23.4 Å². The monoisotopic (exact) mass is 668 g/mol. The average Bonchev–Trinajstić information content (AvgIpc) is 3.61. The summed E-state index contributed by atoms with van der Waals surface area (Å²) in [5, 5.41) is 12.5. The van der Waals surface area contributed by atoms with Crippen molar-refractivity contribution in [2.75, 3.05) is 13.1 Å². The molecule has 0 aliphatic carbocycles. The molecule has 2 aromatic heterocycles. The maximum atomic E-state index is 13.5. The van der Waals surface area contributed by atoms with Crippen molar-refractivity contribution in [3.8, 4) is 0 Å². The van der Waals surface area contributed by atoms with Crippen molar-refractivity contribution in [1.29, 1.82) is 0 Å². The van der Waals surface area contributed by atoms with E-state index in [9.17, 15) is 36.0 Å². The van der Waals surface area contributed by atoms with Crippen LogP contribution in [0, 0.1) is 6.92 Å². The summed E-state index contributed by atoms with van der Waals surface area (Å²) in [6.07, 6.45) is -1.67. The van der Waals surface area contributed by atoms with Crippen LogP contribution in [0.5, 0.6) is 0 Å². The summed E-state index contributed by atoms with van der Waals surface area (Å²) in [5.74, 6) is -2.65. The second kappa shape index (κ2) is 11.8. The number of aromatic nitrogens is 2. The van der Waals surface area contributed by atoms with Gasteiger partial charge in [-0.1, -0.05) is 23.7 Å². The first-order valence-electron chi connectivity index (χ1n) is 12.5. The number of aromatic carboxylic acids is 1. The number of thioether (sulfide) groups is 1. The van der Waals surface area contributed by atoms with Crippen LogP contribution in [0.4, 0.5) is 18.0 Å². The van der Waals surface area contributed by atoms with Gasteiger partial charge >= 0.3 is 12.1 Å². The number of imide groups is 1. The minimum Gasteiger partial charge on any atom is -0.475 e. The number of furan rings is 1. The second-order valence-corrected chi connectivity index (χ2v) is 12.6. The number of carbonyl (C=O) groups excluding carboxylic acids is 2. The summed E-state index contributed by atoms with van der Waals surface area (Å²) in [6, 6.07) is 9.49. The topological polar surface area (TPSA) is 152 Å². The molecule has 0 spiro atoms. The molecule has 230 valence electrons. The number of sulfonamides is 1. The SMILES string of the molecule is Cc1cc(C(=O)O)oc1S(=O)(=O)NCCN1C(=O)SC(=Cc2ccc3c(cnn3Cc3ccc(Cl)cc3C(F)(F)F)c2)C1=O. The molecule has 2 aromatic carbocycles. The highest BCUT2D eigenvalue weighted by Gasteiger charge is 2.36. The number of amides is 2. The molecule has 1 fully saturated rings.